The molecule has 0 radical (unpaired) electrons. The fraction of sp³-hybridized carbons (Fsp3) is 1.00. The van der Waals surface area contributed by atoms with Crippen LogP contribution in [0.25, 0.3) is 0 Å². The lowest BCUT2D eigenvalue weighted by molar-refractivity contribution is 0.108. The molecule has 0 bridgehead atoms. The van der Waals surface area contributed by atoms with Crippen LogP contribution in [0.1, 0.15) is 59.3 Å². The highest BCUT2D eigenvalue weighted by Gasteiger charge is 2.36. The Morgan fingerprint density at radius 3 is 2.59 bits per heavy atom. The van der Waals surface area contributed by atoms with Crippen LogP contribution in [0.5, 0.6) is 0 Å². The molecule has 2 nitrogen and oxygen atoms in total. The second-order valence-corrected chi connectivity index (χ2v) is 6.80. The van der Waals surface area contributed by atoms with Crippen LogP contribution >= 0.6 is 0 Å². The Hall–Kier alpha value is -0.0800. The molecule has 1 saturated heterocycles. The summed E-state index contributed by atoms with van der Waals surface area (Å²) in [6.45, 7) is 11.0. The molecule has 0 aromatic carbocycles. The predicted octanol–water partition coefficient (Wildman–Crippen LogP) is 3.03. The minimum absolute atomic E-state index is 0.582. The molecular weight excluding hydrogens is 208 g/mol. The zero-order valence-corrected chi connectivity index (χ0v) is 12.0. The Morgan fingerprint density at radius 1 is 1.24 bits per heavy atom. The van der Waals surface area contributed by atoms with Crippen molar-refractivity contribution in [2.75, 3.05) is 19.6 Å². The van der Waals surface area contributed by atoms with E-state index in [1.165, 1.54) is 58.2 Å². The van der Waals surface area contributed by atoms with Crippen LogP contribution in [0.15, 0.2) is 0 Å². The van der Waals surface area contributed by atoms with Gasteiger partial charge in [-0.1, -0.05) is 20.8 Å². The maximum Gasteiger partial charge on any atom is 0.0224 e. The monoisotopic (exact) mass is 238 g/mol. The molecule has 0 spiro atoms. The molecule has 1 aliphatic carbocycles. The SMILES string of the molecule is CCCN(C1CCCNC1)C1CCC(C)(C)C1. The zero-order valence-electron chi connectivity index (χ0n) is 12.0. The Balaban J connectivity index is 1.96. The Bertz CT molecular complexity index is 231. The molecule has 0 aromatic rings. The zero-order chi connectivity index (χ0) is 12.3. The summed E-state index contributed by atoms with van der Waals surface area (Å²) in [5.41, 5.74) is 0.582. The highest BCUT2D eigenvalue weighted by atomic mass is 15.2. The van der Waals surface area contributed by atoms with Gasteiger partial charge in [-0.3, -0.25) is 4.90 Å². The van der Waals surface area contributed by atoms with Gasteiger partial charge in [0.2, 0.25) is 0 Å². The molecule has 1 heterocycles. The molecule has 1 aliphatic heterocycles. The smallest absolute Gasteiger partial charge is 0.0224 e. The van der Waals surface area contributed by atoms with E-state index in [4.69, 9.17) is 0 Å². The van der Waals surface area contributed by atoms with Crippen molar-refractivity contribution in [3.05, 3.63) is 0 Å². The van der Waals surface area contributed by atoms with Gasteiger partial charge in [-0.15, -0.1) is 0 Å². The molecule has 2 aliphatic rings. The summed E-state index contributed by atoms with van der Waals surface area (Å²) in [6, 6.07) is 1.66. The number of hydrogen-bond acceptors (Lipinski definition) is 2. The third-order valence-corrected chi connectivity index (χ3v) is 4.63. The number of piperidine rings is 1. The maximum atomic E-state index is 3.58. The first kappa shape index (κ1) is 13.4. The van der Waals surface area contributed by atoms with Crippen LogP contribution < -0.4 is 5.32 Å². The number of nitrogens with zero attached hydrogens (tertiary/aromatic N) is 1. The van der Waals surface area contributed by atoms with E-state index in [2.05, 4.69) is 31.0 Å². The number of rotatable bonds is 4. The molecule has 0 amide bonds. The van der Waals surface area contributed by atoms with E-state index in [-0.39, 0.29) is 0 Å². The molecule has 100 valence electrons. The molecule has 2 fully saturated rings. The van der Waals surface area contributed by atoms with Crippen molar-refractivity contribution in [3.63, 3.8) is 0 Å². The highest BCUT2D eigenvalue weighted by Crippen LogP contribution is 2.40. The summed E-state index contributed by atoms with van der Waals surface area (Å²) in [5.74, 6) is 0. The standard InChI is InChI=1S/C15H30N2/c1-4-10-17(14-6-5-9-16-12-14)13-7-8-15(2,3)11-13/h13-14,16H,4-12H2,1-3H3. The Kier molecular flexibility index (Phi) is 4.48. The number of nitrogens with one attached hydrogen (secondary N) is 1. The molecule has 17 heavy (non-hydrogen) atoms. The maximum absolute atomic E-state index is 3.58. The molecule has 1 N–H and O–H groups in total. The third kappa shape index (κ3) is 3.45. The number of hydrogen-bond donors (Lipinski definition) is 1. The van der Waals surface area contributed by atoms with E-state index in [1.54, 1.807) is 0 Å². The summed E-state index contributed by atoms with van der Waals surface area (Å²) in [7, 11) is 0. The predicted molar refractivity (Wildman–Crippen MR) is 74.3 cm³/mol. The van der Waals surface area contributed by atoms with Gasteiger partial charge in [0, 0.05) is 18.6 Å². The minimum atomic E-state index is 0.582. The van der Waals surface area contributed by atoms with Crippen molar-refractivity contribution in [1.29, 1.82) is 0 Å². The van der Waals surface area contributed by atoms with Gasteiger partial charge in [-0.25, -0.2) is 0 Å². The lowest BCUT2D eigenvalue weighted by Crippen LogP contribution is -2.50. The van der Waals surface area contributed by atoms with Crippen molar-refractivity contribution in [2.24, 2.45) is 5.41 Å². The van der Waals surface area contributed by atoms with Crippen molar-refractivity contribution in [1.82, 2.24) is 10.2 Å². The summed E-state index contributed by atoms with van der Waals surface area (Å²) in [5, 5.41) is 3.58. The van der Waals surface area contributed by atoms with Gasteiger partial charge in [0.05, 0.1) is 0 Å². The third-order valence-electron chi connectivity index (χ3n) is 4.63. The van der Waals surface area contributed by atoms with Crippen LogP contribution in [0.4, 0.5) is 0 Å². The van der Waals surface area contributed by atoms with E-state index in [0.717, 1.165) is 12.1 Å². The highest BCUT2D eigenvalue weighted by molar-refractivity contribution is 4.91. The summed E-state index contributed by atoms with van der Waals surface area (Å²) >= 11 is 0. The van der Waals surface area contributed by atoms with Gasteiger partial charge in [0.25, 0.3) is 0 Å². The topological polar surface area (TPSA) is 15.3 Å². The van der Waals surface area contributed by atoms with Crippen LogP contribution in [-0.2, 0) is 0 Å². The first-order valence-electron chi connectivity index (χ1n) is 7.59. The van der Waals surface area contributed by atoms with Gasteiger partial charge in [0.1, 0.15) is 0 Å². The summed E-state index contributed by atoms with van der Waals surface area (Å²) in [4.78, 5) is 2.83. The first-order chi connectivity index (χ1) is 8.12. The summed E-state index contributed by atoms with van der Waals surface area (Å²) < 4.78 is 0. The van der Waals surface area contributed by atoms with Gasteiger partial charge in [-0.05, 0) is 57.0 Å². The average Bonchev–Trinajstić information content (AvgIpc) is 2.67. The molecular formula is C15H30N2. The lowest BCUT2D eigenvalue weighted by atomic mass is 9.91. The van der Waals surface area contributed by atoms with Crippen molar-refractivity contribution in [2.45, 2.75) is 71.4 Å². The minimum Gasteiger partial charge on any atom is -0.315 e. The van der Waals surface area contributed by atoms with Gasteiger partial charge in [-0.2, -0.15) is 0 Å². The molecule has 2 heteroatoms. The van der Waals surface area contributed by atoms with E-state index >= 15 is 0 Å². The van der Waals surface area contributed by atoms with Crippen molar-refractivity contribution >= 4 is 0 Å². The second-order valence-electron chi connectivity index (χ2n) is 6.80. The second kappa shape index (κ2) is 5.71. The van der Waals surface area contributed by atoms with E-state index < -0.39 is 0 Å². The Labute approximate surface area is 107 Å². The quantitative estimate of drug-likeness (QED) is 0.810. The first-order valence-corrected chi connectivity index (χ1v) is 7.59. The van der Waals surface area contributed by atoms with Crippen LogP contribution in [0.2, 0.25) is 0 Å². The van der Waals surface area contributed by atoms with Gasteiger partial charge < -0.3 is 5.32 Å². The van der Waals surface area contributed by atoms with Crippen molar-refractivity contribution < 1.29 is 0 Å². The van der Waals surface area contributed by atoms with Gasteiger partial charge >= 0.3 is 0 Å². The van der Waals surface area contributed by atoms with E-state index in [0.29, 0.717) is 5.41 Å². The van der Waals surface area contributed by atoms with Gasteiger partial charge in [0.15, 0.2) is 0 Å². The molecule has 2 unspecified atom stereocenters. The normalized spacial score (nSPS) is 33.2. The van der Waals surface area contributed by atoms with Crippen molar-refractivity contribution in [3.8, 4) is 0 Å². The largest absolute Gasteiger partial charge is 0.315 e. The summed E-state index contributed by atoms with van der Waals surface area (Å²) in [6.07, 6.45) is 8.31. The lowest BCUT2D eigenvalue weighted by Gasteiger charge is -2.39. The van der Waals surface area contributed by atoms with Crippen LogP contribution in [0, 0.1) is 5.41 Å². The van der Waals surface area contributed by atoms with E-state index in [9.17, 15) is 0 Å². The average molecular weight is 238 g/mol. The van der Waals surface area contributed by atoms with Crippen LogP contribution in [-0.4, -0.2) is 36.6 Å². The molecule has 2 rings (SSSR count). The molecule has 1 saturated carbocycles. The fourth-order valence-electron chi connectivity index (χ4n) is 3.72. The fourth-order valence-corrected chi connectivity index (χ4v) is 3.72. The van der Waals surface area contributed by atoms with Crippen LogP contribution in [0.3, 0.4) is 0 Å². The van der Waals surface area contributed by atoms with E-state index in [1.807, 2.05) is 0 Å². The molecule has 2 atom stereocenters. The Morgan fingerprint density at radius 2 is 2.06 bits per heavy atom. The molecule has 0 aromatic heterocycles.